The van der Waals surface area contributed by atoms with Gasteiger partial charge in [-0.05, 0) is 0 Å². The molecule has 1 aliphatic heterocycles. The zero-order chi connectivity index (χ0) is 35.2. The SMILES string of the molecule is C1CC[SiH2]C1.CCC[CH2][Zr][C](CCC)(C1C(CC)=Cc2c(C(C)C)cc(C(C)C)cc21)C1C(CC)=Cc2c(C(C)C)cc(C(C)C)cc21. The molecule has 5 rings (SSSR count). The molecule has 0 bridgehead atoms. The molecule has 1 saturated heterocycles. The van der Waals surface area contributed by atoms with E-state index >= 15 is 0 Å². The van der Waals surface area contributed by atoms with Crippen molar-refractivity contribution in [1.82, 2.24) is 0 Å². The van der Waals surface area contributed by atoms with Gasteiger partial charge in [0, 0.05) is 9.52 Å². The first kappa shape index (κ1) is 39.8. The standard InChI is InChI=1S/C38H53.C4H10Si.C4H9.Zr/c1-12-15-30(37-26(13-2)16-33-31(24(8)9)18-28(22(4)5)20-35(33)37)38-27(14-3)17-34-32(25(10)11)19-29(23(6)7)21-36(34)38;1-2-4-5-3-1;1-3-4-2;/h16-25,37-38H,12-15H2,1-11H3;1-5H2;1,3-4H2,2H3;. The van der Waals surface area contributed by atoms with Crippen molar-refractivity contribution in [3.8, 4) is 0 Å². The maximum atomic E-state index is 2.69. The van der Waals surface area contributed by atoms with E-state index in [0.717, 1.165) is 0 Å². The summed E-state index contributed by atoms with van der Waals surface area (Å²) < 4.78 is 1.84. The van der Waals surface area contributed by atoms with Gasteiger partial charge in [0.2, 0.25) is 0 Å². The predicted octanol–water partition coefficient (Wildman–Crippen LogP) is 14.7. The summed E-state index contributed by atoms with van der Waals surface area (Å²) in [6.45, 7) is 29.0. The topological polar surface area (TPSA) is 0 Å². The minimum atomic E-state index is -0.822. The van der Waals surface area contributed by atoms with Crippen LogP contribution in [0, 0.1) is 0 Å². The van der Waals surface area contributed by atoms with Crippen LogP contribution in [-0.4, -0.2) is 9.52 Å². The Morgan fingerprint density at radius 3 is 1.42 bits per heavy atom. The second-order valence-electron chi connectivity index (χ2n) is 16.7. The molecule has 2 aromatic rings. The van der Waals surface area contributed by atoms with Crippen LogP contribution in [0.5, 0.6) is 0 Å². The Bertz CT molecular complexity index is 1310. The molecule has 0 spiro atoms. The number of rotatable bonds is 14. The van der Waals surface area contributed by atoms with Gasteiger partial charge < -0.3 is 0 Å². The summed E-state index contributed by atoms with van der Waals surface area (Å²) >= 11 is -0.822. The number of hydrogen-bond acceptors (Lipinski definition) is 0. The van der Waals surface area contributed by atoms with Crippen LogP contribution in [0.15, 0.2) is 35.4 Å². The first-order valence-corrected chi connectivity index (χ1v) is 25.4. The van der Waals surface area contributed by atoms with E-state index < -0.39 is 23.2 Å². The Kier molecular flexibility index (Phi) is 14.9. The van der Waals surface area contributed by atoms with E-state index in [0.29, 0.717) is 48.1 Å². The molecule has 1 fully saturated rings. The molecule has 2 heteroatoms. The average molecular weight is 744 g/mol. The summed E-state index contributed by atoms with van der Waals surface area (Å²) in [5.41, 5.74) is 16.3. The summed E-state index contributed by atoms with van der Waals surface area (Å²) in [5, 5.41) is 0. The number of allylic oxidation sites excluding steroid dienone is 2. The minimum absolute atomic E-state index is 0.348. The number of hydrogen-bond donors (Lipinski definition) is 0. The molecule has 2 aliphatic carbocycles. The van der Waals surface area contributed by atoms with E-state index in [1.54, 1.807) is 80.6 Å². The van der Waals surface area contributed by atoms with Crippen molar-refractivity contribution >= 4 is 21.7 Å². The summed E-state index contributed by atoms with van der Waals surface area (Å²) in [6.07, 6.45) is 16.2. The van der Waals surface area contributed by atoms with Gasteiger partial charge in [-0.15, -0.1) is 0 Å². The molecule has 3 aliphatic rings. The van der Waals surface area contributed by atoms with Crippen LogP contribution in [-0.2, 0) is 23.2 Å². The third kappa shape index (κ3) is 8.38. The predicted molar refractivity (Wildman–Crippen MR) is 216 cm³/mol. The molecule has 0 saturated carbocycles. The fraction of sp³-hybridized carbons (Fsp3) is 0.652. The quantitative estimate of drug-likeness (QED) is 0.133. The van der Waals surface area contributed by atoms with Crippen LogP contribution in [0.3, 0.4) is 0 Å². The monoisotopic (exact) mass is 742 g/mol. The van der Waals surface area contributed by atoms with E-state index in [1.165, 1.54) is 42.7 Å². The third-order valence-electron chi connectivity index (χ3n) is 11.9. The zero-order valence-corrected chi connectivity index (χ0v) is 37.3. The molecule has 0 aromatic heterocycles. The maximum absolute atomic E-state index is 2.69. The summed E-state index contributed by atoms with van der Waals surface area (Å²) in [5.74, 6) is 3.31. The third-order valence-corrected chi connectivity index (χ3v) is 19.0. The normalized spacial score (nSPS) is 19.8. The first-order chi connectivity index (χ1) is 22.9. The van der Waals surface area contributed by atoms with Gasteiger partial charge in [-0.1, -0.05) is 24.9 Å². The van der Waals surface area contributed by atoms with Crippen LogP contribution < -0.4 is 0 Å². The van der Waals surface area contributed by atoms with Gasteiger partial charge in [-0.3, -0.25) is 0 Å². The van der Waals surface area contributed by atoms with Crippen LogP contribution in [0.4, 0.5) is 0 Å². The second kappa shape index (κ2) is 18.0. The Hall–Kier alpha value is -0.980. The first-order valence-electron chi connectivity index (χ1n) is 20.5. The van der Waals surface area contributed by atoms with Crippen LogP contribution in [0.25, 0.3) is 12.2 Å². The van der Waals surface area contributed by atoms with Gasteiger partial charge >= 0.3 is 280 Å². The number of unbranched alkanes of at least 4 members (excludes halogenated alkanes) is 1. The van der Waals surface area contributed by atoms with E-state index in [9.17, 15) is 0 Å². The van der Waals surface area contributed by atoms with Gasteiger partial charge in [-0.2, -0.15) is 0 Å². The van der Waals surface area contributed by atoms with Gasteiger partial charge in [-0.25, -0.2) is 0 Å². The fourth-order valence-corrected chi connectivity index (χ4v) is 17.1. The Morgan fingerprint density at radius 2 is 1.10 bits per heavy atom. The number of benzene rings is 2. The molecule has 48 heavy (non-hydrogen) atoms. The van der Waals surface area contributed by atoms with Crippen LogP contribution in [0.1, 0.15) is 214 Å². The van der Waals surface area contributed by atoms with Crippen molar-refractivity contribution in [3.05, 3.63) is 79.9 Å². The Morgan fingerprint density at radius 1 is 0.646 bits per heavy atom. The van der Waals surface area contributed by atoms with Crippen molar-refractivity contribution < 1.29 is 23.2 Å². The van der Waals surface area contributed by atoms with E-state index in [2.05, 4.69) is 120 Å². The van der Waals surface area contributed by atoms with Gasteiger partial charge in [0.15, 0.2) is 0 Å². The molecule has 2 unspecified atom stereocenters. The zero-order valence-electron chi connectivity index (χ0n) is 33.4. The molecule has 0 amide bonds. The summed E-state index contributed by atoms with van der Waals surface area (Å²) in [4.78, 5) is 0. The molecule has 2 aromatic carbocycles. The van der Waals surface area contributed by atoms with Crippen molar-refractivity contribution in [2.45, 2.75) is 189 Å². The summed E-state index contributed by atoms with van der Waals surface area (Å²) in [6, 6.07) is 13.8. The van der Waals surface area contributed by atoms with Gasteiger partial charge in [0.25, 0.3) is 0 Å². The van der Waals surface area contributed by atoms with Gasteiger partial charge in [0.1, 0.15) is 0 Å². The van der Waals surface area contributed by atoms with Gasteiger partial charge in [0.05, 0.1) is 0 Å². The molecular weight excluding hydrogens is 672 g/mol. The number of fused-ring (bicyclic) bond motifs is 2. The summed E-state index contributed by atoms with van der Waals surface area (Å²) in [7, 11) is 0.543. The molecule has 0 radical (unpaired) electrons. The van der Waals surface area contributed by atoms with Crippen molar-refractivity contribution in [2.75, 3.05) is 0 Å². The molecule has 0 nitrogen and oxygen atoms in total. The molecule has 2 atom stereocenters. The van der Waals surface area contributed by atoms with Crippen molar-refractivity contribution in [2.24, 2.45) is 0 Å². The van der Waals surface area contributed by atoms with E-state index in [1.807, 2.05) is 0 Å². The fourth-order valence-electron chi connectivity index (χ4n) is 9.19. The molecular formula is C46H72SiZr. The van der Waals surface area contributed by atoms with Crippen LogP contribution >= 0.6 is 0 Å². The van der Waals surface area contributed by atoms with Crippen molar-refractivity contribution in [1.29, 1.82) is 0 Å². The second-order valence-corrected chi connectivity index (χ2v) is 23.2. The molecule has 264 valence electrons. The van der Waals surface area contributed by atoms with E-state index in [4.69, 9.17) is 0 Å². The molecule has 1 heterocycles. The Labute approximate surface area is 312 Å². The van der Waals surface area contributed by atoms with E-state index in [-0.39, 0.29) is 0 Å². The Balaban J connectivity index is 0.000000950. The average Bonchev–Trinajstić information content (AvgIpc) is 3.83. The molecule has 0 N–H and O–H groups in total. The van der Waals surface area contributed by atoms with Crippen LogP contribution in [0.2, 0.25) is 19.3 Å². The van der Waals surface area contributed by atoms with Crippen molar-refractivity contribution in [3.63, 3.8) is 0 Å².